The number of nitrogens with one attached hydrogen (secondary N) is 1. The van der Waals surface area contributed by atoms with Crippen molar-refractivity contribution in [1.82, 2.24) is 20.1 Å². The highest BCUT2D eigenvalue weighted by Gasteiger charge is 2.30. The van der Waals surface area contributed by atoms with Gasteiger partial charge in [-0.15, -0.1) is 0 Å². The molecule has 0 spiro atoms. The van der Waals surface area contributed by atoms with Crippen molar-refractivity contribution in [3.63, 3.8) is 0 Å². The number of pyridine rings is 1. The molecule has 0 aliphatic carbocycles. The average molecular weight is 328 g/mol. The first kappa shape index (κ1) is 16.2. The molecule has 2 aromatic heterocycles. The van der Waals surface area contributed by atoms with Crippen molar-refractivity contribution in [3.05, 3.63) is 47.1 Å². The summed E-state index contributed by atoms with van der Waals surface area (Å²) in [4.78, 5) is 18.3. The quantitative estimate of drug-likeness (QED) is 0.838. The minimum absolute atomic E-state index is 0.0681. The smallest absolute Gasteiger partial charge is 0.247 e. The molecular weight excluding hydrogens is 308 g/mol. The Balaban J connectivity index is 1.81. The van der Waals surface area contributed by atoms with Crippen molar-refractivity contribution in [3.8, 4) is 5.75 Å². The van der Waals surface area contributed by atoms with Crippen LogP contribution in [0.5, 0.6) is 5.75 Å². The lowest BCUT2D eigenvalue weighted by Gasteiger charge is -2.35. The standard InChI is InChI=1S/C17H20N4O3/c1-11-17(12(2)20-19-11)15-10-24-6-5-21(15)16(23)4-3-13-7-14(22)9-18-8-13/h3-4,7-9,15,22H,5-6,10H2,1-2H3,(H,19,20)/b4-3+. The van der Waals surface area contributed by atoms with Crippen LogP contribution in [0.15, 0.2) is 24.5 Å². The fraction of sp³-hybridized carbons (Fsp3) is 0.353. The van der Waals surface area contributed by atoms with Crippen LogP contribution >= 0.6 is 0 Å². The molecule has 1 aliphatic rings. The summed E-state index contributed by atoms with van der Waals surface area (Å²) in [6, 6.07) is 1.40. The Morgan fingerprint density at radius 2 is 2.29 bits per heavy atom. The van der Waals surface area contributed by atoms with Crippen LogP contribution in [0, 0.1) is 13.8 Å². The van der Waals surface area contributed by atoms with Gasteiger partial charge < -0.3 is 14.7 Å². The molecule has 0 bridgehead atoms. The Kier molecular flexibility index (Phi) is 4.61. The summed E-state index contributed by atoms with van der Waals surface area (Å²) in [5, 5.41) is 16.6. The topological polar surface area (TPSA) is 91.3 Å². The third-order valence-electron chi connectivity index (χ3n) is 4.09. The maximum Gasteiger partial charge on any atom is 0.247 e. The minimum Gasteiger partial charge on any atom is -0.506 e. The van der Waals surface area contributed by atoms with Crippen LogP contribution in [0.1, 0.15) is 28.6 Å². The number of carbonyl (C=O) groups is 1. The molecule has 7 nitrogen and oxygen atoms in total. The van der Waals surface area contributed by atoms with E-state index in [-0.39, 0.29) is 17.7 Å². The van der Waals surface area contributed by atoms with Crippen molar-refractivity contribution >= 4 is 12.0 Å². The van der Waals surface area contributed by atoms with Gasteiger partial charge in [0.1, 0.15) is 5.75 Å². The fourth-order valence-corrected chi connectivity index (χ4v) is 2.96. The number of hydrogen-bond acceptors (Lipinski definition) is 5. The van der Waals surface area contributed by atoms with Gasteiger partial charge in [-0.25, -0.2) is 0 Å². The molecule has 1 atom stereocenters. The molecule has 0 aromatic carbocycles. The molecule has 3 heterocycles. The number of rotatable bonds is 3. The van der Waals surface area contributed by atoms with Gasteiger partial charge in [0.2, 0.25) is 5.91 Å². The molecule has 24 heavy (non-hydrogen) atoms. The summed E-state index contributed by atoms with van der Waals surface area (Å²) >= 11 is 0. The predicted octanol–water partition coefficient (Wildman–Crippen LogP) is 1.74. The van der Waals surface area contributed by atoms with Crippen LogP contribution < -0.4 is 0 Å². The first-order valence-electron chi connectivity index (χ1n) is 7.78. The van der Waals surface area contributed by atoms with Gasteiger partial charge in [0.05, 0.1) is 31.1 Å². The normalized spacial score (nSPS) is 18.2. The van der Waals surface area contributed by atoms with Crippen LogP contribution in [0.25, 0.3) is 6.08 Å². The van der Waals surface area contributed by atoms with Crippen molar-refractivity contribution in [1.29, 1.82) is 0 Å². The number of hydrogen-bond donors (Lipinski definition) is 2. The second kappa shape index (κ2) is 6.84. The summed E-state index contributed by atoms with van der Waals surface area (Å²) in [5.74, 6) is -0.0369. The van der Waals surface area contributed by atoms with E-state index < -0.39 is 0 Å². The van der Waals surface area contributed by atoms with Gasteiger partial charge in [-0.05, 0) is 31.6 Å². The molecule has 1 saturated heterocycles. The second-order valence-corrected chi connectivity index (χ2v) is 5.78. The van der Waals surface area contributed by atoms with E-state index in [1.165, 1.54) is 12.3 Å². The van der Waals surface area contributed by atoms with E-state index in [1.54, 1.807) is 23.2 Å². The van der Waals surface area contributed by atoms with Crippen molar-refractivity contribution in [2.45, 2.75) is 19.9 Å². The lowest BCUT2D eigenvalue weighted by Crippen LogP contribution is -2.43. The minimum atomic E-state index is -0.156. The van der Waals surface area contributed by atoms with E-state index in [9.17, 15) is 9.90 Å². The molecule has 0 saturated carbocycles. The Hall–Kier alpha value is -2.67. The average Bonchev–Trinajstić information content (AvgIpc) is 2.91. The Morgan fingerprint density at radius 3 is 3.00 bits per heavy atom. The highest BCUT2D eigenvalue weighted by Crippen LogP contribution is 2.28. The van der Waals surface area contributed by atoms with Crippen molar-refractivity contribution < 1.29 is 14.6 Å². The summed E-state index contributed by atoms with van der Waals surface area (Å²) < 4.78 is 5.57. The van der Waals surface area contributed by atoms with E-state index >= 15 is 0 Å². The monoisotopic (exact) mass is 328 g/mol. The molecule has 1 aliphatic heterocycles. The van der Waals surface area contributed by atoms with E-state index in [1.807, 2.05) is 13.8 Å². The number of H-pyrrole nitrogens is 1. The van der Waals surface area contributed by atoms with Crippen LogP contribution in [-0.2, 0) is 9.53 Å². The Morgan fingerprint density at radius 1 is 1.46 bits per heavy atom. The maximum atomic E-state index is 12.7. The molecule has 7 heteroatoms. The van der Waals surface area contributed by atoms with Crippen LogP contribution in [-0.4, -0.2) is 50.9 Å². The number of ether oxygens (including phenoxy) is 1. The molecule has 1 fully saturated rings. The first-order chi connectivity index (χ1) is 11.6. The van der Waals surface area contributed by atoms with Crippen LogP contribution in [0.3, 0.4) is 0 Å². The number of morpholine rings is 1. The molecule has 3 rings (SSSR count). The SMILES string of the molecule is Cc1n[nH]c(C)c1C1COCCN1C(=O)/C=C/c1cncc(O)c1. The highest BCUT2D eigenvalue weighted by atomic mass is 16.5. The second-order valence-electron chi connectivity index (χ2n) is 5.78. The van der Waals surface area contributed by atoms with E-state index in [0.29, 0.717) is 25.3 Å². The molecule has 0 radical (unpaired) electrons. The van der Waals surface area contributed by atoms with Gasteiger partial charge >= 0.3 is 0 Å². The predicted molar refractivity (Wildman–Crippen MR) is 88.3 cm³/mol. The van der Waals surface area contributed by atoms with E-state index in [4.69, 9.17) is 4.74 Å². The largest absolute Gasteiger partial charge is 0.506 e. The number of aromatic amines is 1. The Bertz CT molecular complexity index is 749. The number of amides is 1. The molecule has 2 N–H and O–H groups in total. The molecular formula is C17H20N4O3. The highest BCUT2D eigenvalue weighted by molar-refractivity contribution is 5.92. The zero-order chi connectivity index (χ0) is 17.1. The number of aryl methyl sites for hydroxylation is 2. The number of carbonyl (C=O) groups excluding carboxylic acids is 1. The third-order valence-corrected chi connectivity index (χ3v) is 4.09. The zero-order valence-electron chi connectivity index (χ0n) is 13.7. The van der Waals surface area contributed by atoms with Crippen LogP contribution in [0.4, 0.5) is 0 Å². The summed E-state index contributed by atoms with van der Waals surface area (Å²) in [6.07, 6.45) is 6.09. The van der Waals surface area contributed by atoms with Gasteiger partial charge in [-0.3, -0.25) is 14.9 Å². The number of aromatic nitrogens is 3. The third kappa shape index (κ3) is 3.30. The van der Waals surface area contributed by atoms with E-state index in [2.05, 4.69) is 15.2 Å². The molecule has 126 valence electrons. The van der Waals surface area contributed by atoms with Crippen molar-refractivity contribution in [2.24, 2.45) is 0 Å². The summed E-state index contributed by atoms with van der Waals surface area (Å²) in [6.45, 7) is 5.36. The van der Waals surface area contributed by atoms with E-state index in [0.717, 1.165) is 17.0 Å². The lowest BCUT2D eigenvalue weighted by molar-refractivity contribution is -0.134. The van der Waals surface area contributed by atoms with Gasteiger partial charge in [0.25, 0.3) is 0 Å². The van der Waals surface area contributed by atoms with Crippen LogP contribution in [0.2, 0.25) is 0 Å². The fourth-order valence-electron chi connectivity index (χ4n) is 2.96. The summed E-state index contributed by atoms with van der Waals surface area (Å²) in [7, 11) is 0. The lowest BCUT2D eigenvalue weighted by atomic mass is 10.0. The number of aromatic hydroxyl groups is 1. The molecule has 1 amide bonds. The molecule has 1 unspecified atom stereocenters. The van der Waals surface area contributed by atoms with Gasteiger partial charge in [-0.1, -0.05) is 0 Å². The zero-order valence-corrected chi connectivity index (χ0v) is 13.7. The number of nitrogens with zero attached hydrogens (tertiary/aromatic N) is 3. The van der Waals surface area contributed by atoms with Crippen molar-refractivity contribution in [2.75, 3.05) is 19.8 Å². The Labute approximate surface area is 140 Å². The maximum absolute atomic E-state index is 12.7. The molecule has 2 aromatic rings. The summed E-state index contributed by atoms with van der Waals surface area (Å²) in [5.41, 5.74) is 3.50. The van der Waals surface area contributed by atoms with Gasteiger partial charge in [0, 0.05) is 30.1 Å². The van der Waals surface area contributed by atoms with Gasteiger partial charge in [-0.2, -0.15) is 5.10 Å². The van der Waals surface area contributed by atoms with Gasteiger partial charge in [0.15, 0.2) is 0 Å². The first-order valence-corrected chi connectivity index (χ1v) is 7.78.